The number of benzene rings is 2. The number of fused-ring (bicyclic) bond motifs is 1. The molecule has 22 nitrogen and oxygen atoms in total. The van der Waals surface area contributed by atoms with E-state index in [-0.39, 0.29) is 119 Å². The minimum Gasteiger partial charge on any atom is -0.494 e. The van der Waals surface area contributed by atoms with Crippen LogP contribution in [0.1, 0.15) is 82.5 Å². The fourth-order valence-electron chi connectivity index (χ4n) is 9.14. The number of ether oxygens (including phenoxy) is 1. The van der Waals surface area contributed by atoms with Crippen molar-refractivity contribution < 1.29 is 67.1 Å². The number of nitrogens with one attached hydrogen (secondary N) is 3. The molecule has 2 aliphatic rings. The van der Waals surface area contributed by atoms with Gasteiger partial charge in [0.05, 0.1) is 37.7 Å². The minimum atomic E-state index is -4.39. The number of sulfonamides is 1. The number of carbonyl (C=O) groups excluding carboxylic acids is 3. The molecule has 1 aliphatic heterocycles. The Morgan fingerprint density at radius 3 is 1.76 bits per heavy atom. The summed E-state index contributed by atoms with van der Waals surface area (Å²) in [6.45, 7) is 4.41. The van der Waals surface area contributed by atoms with Crippen molar-refractivity contribution in [3.05, 3.63) is 87.7 Å². The molecule has 0 saturated carbocycles. The van der Waals surface area contributed by atoms with E-state index in [1.54, 1.807) is 40.7 Å². The number of rotatable bonds is 27. The number of aromatic nitrogens is 1. The molecule has 0 spiro atoms. The van der Waals surface area contributed by atoms with Crippen LogP contribution >= 0.6 is 0 Å². The maximum atomic E-state index is 13.6. The molecule has 1 saturated heterocycles. The molecule has 0 bridgehead atoms. The van der Waals surface area contributed by atoms with Gasteiger partial charge in [-0.3, -0.25) is 58.1 Å². The van der Waals surface area contributed by atoms with Crippen molar-refractivity contribution in [2.24, 2.45) is 0 Å². The molecule has 2 aromatic carbocycles. The number of carboxylic acids is 4. The molecule has 3 aromatic rings. The first kappa shape index (κ1) is 59.5. The molecule has 410 valence electrons. The van der Waals surface area contributed by atoms with E-state index in [1.807, 2.05) is 17.0 Å². The summed E-state index contributed by atoms with van der Waals surface area (Å²) in [4.78, 5) is 97.1. The van der Waals surface area contributed by atoms with Crippen molar-refractivity contribution in [3.63, 3.8) is 0 Å². The molecule has 5 rings (SSSR count). The second-order valence-electron chi connectivity index (χ2n) is 19.2. The van der Waals surface area contributed by atoms with Gasteiger partial charge >= 0.3 is 23.9 Å². The number of carbonyl (C=O) groups is 7. The van der Waals surface area contributed by atoms with E-state index in [4.69, 9.17) is 9.72 Å². The van der Waals surface area contributed by atoms with Crippen LogP contribution in [0.25, 0.3) is 0 Å². The Bertz CT molecular complexity index is 2530. The van der Waals surface area contributed by atoms with Gasteiger partial charge in [-0.15, -0.1) is 0 Å². The van der Waals surface area contributed by atoms with Crippen LogP contribution in [-0.4, -0.2) is 199 Å². The highest BCUT2D eigenvalue weighted by Gasteiger charge is 2.29. The maximum absolute atomic E-state index is 13.6. The van der Waals surface area contributed by atoms with Crippen LogP contribution in [0.4, 0.5) is 0 Å². The van der Waals surface area contributed by atoms with Crippen LogP contribution in [0.3, 0.4) is 0 Å². The number of carboxylic acid groups (broad SMARTS) is 4. The zero-order chi connectivity index (χ0) is 54.5. The van der Waals surface area contributed by atoms with Crippen LogP contribution in [-0.2, 0) is 64.5 Å². The SMILES string of the molecule is Cc1cc(OCCCC(=O)NCCCC(=O)CN2CCN(CC(=O)O)CCN(CC(=O)O)CCN(CC(=O)O)CC2)cc(C)c1S(=O)(=O)NC(CNC(=O)c1ccc(CCc2ccc3c(n2)CCCC3)cc1)C(=O)O. The predicted molar refractivity (Wildman–Crippen MR) is 275 cm³/mol. The van der Waals surface area contributed by atoms with E-state index in [0.717, 1.165) is 43.4 Å². The van der Waals surface area contributed by atoms with Crippen LogP contribution in [0.5, 0.6) is 5.75 Å². The zero-order valence-electron chi connectivity index (χ0n) is 42.9. The molecule has 23 heteroatoms. The van der Waals surface area contributed by atoms with Gasteiger partial charge < -0.3 is 35.8 Å². The third-order valence-corrected chi connectivity index (χ3v) is 14.8. The Hall–Kier alpha value is -6.37. The number of pyridine rings is 1. The monoisotopic (exact) mass is 1060 g/mol. The van der Waals surface area contributed by atoms with Gasteiger partial charge in [0.1, 0.15) is 17.6 Å². The third kappa shape index (κ3) is 20.7. The van der Waals surface area contributed by atoms with Crippen molar-refractivity contribution in [1.82, 2.24) is 39.9 Å². The summed E-state index contributed by atoms with van der Waals surface area (Å²) < 4.78 is 35.2. The van der Waals surface area contributed by atoms with Crippen molar-refractivity contribution in [2.75, 3.05) is 98.2 Å². The van der Waals surface area contributed by atoms with Crippen LogP contribution in [0.2, 0.25) is 0 Å². The lowest BCUT2D eigenvalue weighted by atomic mass is 9.95. The number of Topliss-reactive ketones (excluding diaryl/α,β-unsaturated/α-hetero) is 1. The summed E-state index contributed by atoms with van der Waals surface area (Å²) in [5.74, 6) is -5.21. The molecule has 7 N–H and O–H groups in total. The number of ketones is 1. The van der Waals surface area contributed by atoms with Crippen molar-refractivity contribution in [2.45, 2.75) is 89.0 Å². The van der Waals surface area contributed by atoms with E-state index in [9.17, 15) is 62.4 Å². The first-order valence-electron chi connectivity index (χ1n) is 25.4. The molecular weight excluding hydrogens is 993 g/mol. The first-order chi connectivity index (χ1) is 35.7. The summed E-state index contributed by atoms with van der Waals surface area (Å²) in [5.41, 5.74) is 5.40. The third-order valence-electron chi connectivity index (χ3n) is 13.1. The normalized spacial score (nSPS) is 15.9. The largest absolute Gasteiger partial charge is 0.494 e. The molecule has 2 heterocycles. The summed E-state index contributed by atoms with van der Waals surface area (Å²) in [6.07, 6.45) is 6.84. The highest BCUT2D eigenvalue weighted by molar-refractivity contribution is 7.89. The molecular formula is C52H72N8O14S. The quantitative estimate of drug-likeness (QED) is 0.0534. The number of hydrogen-bond acceptors (Lipinski definition) is 15. The van der Waals surface area contributed by atoms with Gasteiger partial charge in [0.15, 0.2) is 0 Å². The second kappa shape index (κ2) is 29.6. The Kier molecular flexibility index (Phi) is 23.5. The van der Waals surface area contributed by atoms with Gasteiger partial charge in [-0.25, -0.2) is 8.42 Å². The van der Waals surface area contributed by atoms with E-state index in [0.29, 0.717) is 37.2 Å². The zero-order valence-corrected chi connectivity index (χ0v) is 43.7. The molecule has 2 amide bonds. The highest BCUT2D eigenvalue weighted by Crippen LogP contribution is 2.26. The van der Waals surface area contributed by atoms with E-state index < -0.39 is 52.4 Å². The molecule has 75 heavy (non-hydrogen) atoms. The number of aryl methyl sites for hydroxylation is 6. The fraction of sp³-hybridized carbons (Fsp3) is 0.538. The lowest BCUT2D eigenvalue weighted by Gasteiger charge is -2.32. The van der Waals surface area contributed by atoms with E-state index in [2.05, 4.69) is 27.5 Å². The van der Waals surface area contributed by atoms with Crippen molar-refractivity contribution in [1.29, 1.82) is 0 Å². The number of nitrogens with zero attached hydrogens (tertiary/aromatic N) is 5. The Morgan fingerprint density at radius 1 is 0.667 bits per heavy atom. The number of hydrogen-bond donors (Lipinski definition) is 7. The summed E-state index contributed by atoms with van der Waals surface area (Å²) in [6, 6.07) is 12.5. The first-order valence-corrected chi connectivity index (χ1v) is 26.9. The molecule has 1 aliphatic carbocycles. The average molecular weight is 1070 g/mol. The summed E-state index contributed by atoms with van der Waals surface area (Å²) in [5, 5.41) is 43.6. The number of amides is 2. The highest BCUT2D eigenvalue weighted by atomic mass is 32.2. The van der Waals surface area contributed by atoms with Gasteiger partial charge in [0, 0.05) is 95.2 Å². The smallest absolute Gasteiger partial charge is 0.323 e. The summed E-state index contributed by atoms with van der Waals surface area (Å²) >= 11 is 0. The standard InChI is InChI=1S/C52H72N8O14S/c1-36-29-43(30-37(2)50(36)75(72,73)56-45(52(70)71)31-54-51(69)40-14-11-38(12-15-40)13-17-41-18-16-39-7-3-4-9-44(39)55-41)74-28-6-10-46(62)53-19-5-8-42(61)32-57-20-22-58(33-47(63)64)24-26-60(35-49(67)68)27-25-59(23-21-57)34-48(65)66/h11-12,14-16,18,29-30,45,56H,3-10,13,17,19-28,31-35H2,1-2H3,(H,53,62)(H,54,69)(H,63,64)(H,65,66)(H,67,68)(H,70,71). The molecule has 0 radical (unpaired) electrons. The van der Waals surface area contributed by atoms with Crippen LogP contribution < -0.4 is 20.1 Å². The fourth-order valence-corrected chi connectivity index (χ4v) is 10.8. The van der Waals surface area contributed by atoms with Gasteiger partial charge in [0.2, 0.25) is 15.9 Å². The maximum Gasteiger partial charge on any atom is 0.323 e. The lowest BCUT2D eigenvalue weighted by Crippen LogP contribution is -2.49. The summed E-state index contributed by atoms with van der Waals surface area (Å²) in [7, 11) is -4.39. The van der Waals surface area contributed by atoms with Crippen LogP contribution in [0.15, 0.2) is 53.4 Å². The Balaban J connectivity index is 1.02. The Labute approximate surface area is 437 Å². The Morgan fingerprint density at radius 2 is 1.21 bits per heavy atom. The lowest BCUT2D eigenvalue weighted by molar-refractivity contribution is -0.140. The van der Waals surface area contributed by atoms with E-state index in [1.165, 1.54) is 29.8 Å². The molecule has 1 aromatic heterocycles. The minimum absolute atomic E-state index is 0.0370. The molecule has 1 atom stereocenters. The molecule has 1 unspecified atom stereocenters. The van der Waals surface area contributed by atoms with Gasteiger partial charge in [0.25, 0.3) is 5.91 Å². The number of aliphatic carboxylic acids is 4. The van der Waals surface area contributed by atoms with E-state index >= 15 is 0 Å². The van der Waals surface area contributed by atoms with Gasteiger partial charge in [-0.2, -0.15) is 4.72 Å². The van der Waals surface area contributed by atoms with Gasteiger partial charge in [-0.05, 0) is 118 Å². The second-order valence-corrected chi connectivity index (χ2v) is 20.8. The predicted octanol–water partition coefficient (Wildman–Crippen LogP) is 1.62. The van der Waals surface area contributed by atoms with Crippen molar-refractivity contribution >= 4 is 51.5 Å². The van der Waals surface area contributed by atoms with Gasteiger partial charge in [-0.1, -0.05) is 18.2 Å². The molecule has 1 fully saturated rings. The topological polar surface area (TPSA) is 306 Å². The van der Waals surface area contributed by atoms with Crippen LogP contribution in [0, 0.1) is 13.8 Å². The van der Waals surface area contributed by atoms with Crippen molar-refractivity contribution in [3.8, 4) is 5.75 Å². The average Bonchev–Trinajstić information content (AvgIpc) is 3.34.